The van der Waals surface area contributed by atoms with E-state index < -0.39 is 11.9 Å². The van der Waals surface area contributed by atoms with Crippen LogP contribution in [0.1, 0.15) is 40.1 Å². The average Bonchev–Trinajstić information content (AvgIpc) is 3.40. The lowest BCUT2D eigenvalue weighted by atomic mass is 10.0. The summed E-state index contributed by atoms with van der Waals surface area (Å²) < 4.78 is 3.29. The van der Waals surface area contributed by atoms with Crippen molar-refractivity contribution in [1.29, 1.82) is 0 Å². The second kappa shape index (κ2) is 10.4. The van der Waals surface area contributed by atoms with Crippen LogP contribution in [0.5, 0.6) is 0 Å². The summed E-state index contributed by atoms with van der Waals surface area (Å²) in [7, 11) is 1.82. The molecule has 0 aliphatic rings. The Bertz CT molecular complexity index is 2070. The predicted molar refractivity (Wildman–Crippen MR) is 159 cm³/mol. The molecule has 0 aliphatic carbocycles. The molecule has 0 spiro atoms. The molecule has 6 rings (SSSR count). The number of hydrogen-bond acceptors (Lipinski definition) is 6. The van der Waals surface area contributed by atoms with Crippen molar-refractivity contribution in [2.24, 2.45) is 7.05 Å². The van der Waals surface area contributed by atoms with E-state index in [-0.39, 0.29) is 16.9 Å². The van der Waals surface area contributed by atoms with Crippen LogP contribution in [0.4, 0.5) is 5.82 Å². The smallest absolute Gasteiger partial charge is 0.264 e. The number of nitrogens with two attached hydrogens (primary N) is 1. The molecule has 41 heavy (non-hydrogen) atoms. The zero-order valence-corrected chi connectivity index (χ0v) is 22.4. The molecule has 9 heteroatoms. The molecule has 4 aromatic heterocycles. The lowest BCUT2D eigenvalue weighted by molar-refractivity contribution is 0.0941. The van der Waals surface area contributed by atoms with Crippen molar-refractivity contribution in [3.8, 4) is 17.5 Å². The van der Waals surface area contributed by atoms with E-state index in [0.29, 0.717) is 38.6 Å². The highest BCUT2D eigenvalue weighted by atomic mass is 16.2. The fraction of sp³-hybridized carbons (Fsp3) is 0.0938. The van der Waals surface area contributed by atoms with E-state index in [1.807, 2.05) is 80.8 Å². The summed E-state index contributed by atoms with van der Waals surface area (Å²) in [6.45, 7) is 1.83. The first kappa shape index (κ1) is 25.5. The molecule has 4 heterocycles. The first-order valence-corrected chi connectivity index (χ1v) is 13.0. The normalized spacial score (nSPS) is 11.7. The second-order valence-corrected chi connectivity index (χ2v) is 9.62. The molecule has 1 atom stereocenters. The topological polar surface area (TPSA) is 121 Å². The lowest BCUT2D eigenvalue weighted by Crippen LogP contribution is -2.33. The van der Waals surface area contributed by atoms with Gasteiger partial charge in [0.1, 0.15) is 11.4 Å². The number of fused-ring (bicyclic) bond motifs is 2. The SMILES string of the molecule is C[C@H](NC(=O)c1c(N)ncc2cccnc12)c1cc2cccc(C#Cc3cnn(C)c3)c2c(=O)n1-c1ccccc1. The maximum atomic E-state index is 14.2. The Morgan fingerprint density at radius 2 is 1.78 bits per heavy atom. The quantitative estimate of drug-likeness (QED) is 0.325. The molecule has 0 saturated carbocycles. The maximum Gasteiger partial charge on any atom is 0.264 e. The number of para-hydroxylation sites is 1. The van der Waals surface area contributed by atoms with Crippen molar-refractivity contribution >= 4 is 33.4 Å². The minimum atomic E-state index is -0.580. The molecule has 3 N–H and O–H groups in total. The molecule has 0 saturated heterocycles. The summed E-state index contributed by atoms with van der Waals surface area (Å²) in [5.41, 5.74) is 9.14. The van der Waals surface area contributed by atoms with Crippen LogP contribution in [0, 0.1) is 11.8 Å². The van der Waals surface area contributed by atoms with Gasteiger partial charge in [0.05, 0.1) is 28.7 Å². The zero-order valence-electron chi connectivity index (χ0n) is 22.4. The van der Waals surface area contributed by atoms with Crippen molar-refractivity contribution in [2.45, 2.75) is 13.0 Å². The van der Waals surface area contributed by atoms with E-state index in [1.165, 1.54) is 0 Å². The average molecular weight is 540 g/mol. The minimum Gasteiger partial charge on any atom is -0.383 e. The summed E-state index contributed by atoms with van der Waals surface area (Å²) in [5.74, 6) is 5.89. The molecule has 1 amide bonds. The Hall–Kier alpha value is -5.75. The number of aryl methyl sites for hydroxylation is 1. The van der Waals surface area contributed by atoms with Crippen LogP contribution in [0.2, 0.25) is 0 Å². The maximum absolute atomic E-state index is 14.2. The third kappa shape index (κ3) is 4.79. The van der Waals surface area contributed by atoms with Gasteiger partial charge in [0.15, 0.2) is 0 Å². The van der Waals surface area contributed by atoms with E-state index in [1.54, 1.807) is 33.9 Å². The first-order chi connectivity index (χ1) is 19.9. The van der Waals surface area contributed by atoms with Crippen LogP contribution < -0.4 is 16.6 Å². The van der Waals surface area contributed by atoms with E-state index >= 15 is 0 Å². The summed E-state index contributed by atoms with van der Waals surface area (Å²) in [5, 5.41) is 9.07. The highest BCUT2D eigenvalue weighted by Gasteiger charge is 2.22. The summed E-state index contributed by atoms with van der Waals surface area (Å²) in [6, 6.07) is 19.8. The number of hydrogen-bond donors (Lipinski definition) is 2. The first-order valence-electron chi connectivity index (χ1n) is 13.0. The predicted octanol–water partition coefficient (Wildman–Crippen LogP) is 4.14. The van der Waals surface area contributed by atoms with E-state index in [9.17, 15) is 9.59 Å². The number of rotatable bonds is 4. The van der Waals surface area contributed by atoms with Crippen LogP contribution >= 0.6 is 0 Å². The van der Waals surface area contributed by atoms with E-state index in [2.05, 4.69) is 32.2 Å². The Balaban J connectivity index is 1.48. The van der Waals surface area contributed by atoms with Gasteiger partial charge in [-0.3, -0.25) is 23.8 Å². The van der Waals surface area contributed by atoms with Gasteiger partial charge in [-0.05, 0) is 48.7 Å². The molecular formula is C32H25N7O2. The molecule has 200 valence electrons. The van der Waals surface area contributed by atoms with Crippen molar-refractivity contribution in [3.63, 3.8) is 0 Å². The number of anilines is 1. The number of benzene rings is 2. The molecule has 9 nitrogen and oxygen atoms in total. The third-order valence-corrected chi connectivity index (χ3v) is 6.83. The number of amides is 1. The van der Waals surface area contributed by atoms with Gasteiger partial charge in [0, 0.05) is 48.0 Å². The number of nitrogen functional groups attached to an aromatic ring is 1. The highest BCUT2D eigenvalue weighted by molar-refractivity contribution is 6.09. The number of pyridine rings is 3. The minimum absolute atomic E-state index is 0.0803. The number of nitrogens with zero attached hydrogens (tertiary/aromatic N) is 5. The Kier molecular flexibility index (Phi) is 6.49. The van der Waals surface area contributed by atoms with Crippen LogP contribution in [-0.2, 0) is 7.05 Å². The standard InChI is InChI=1S/C32H25N7O2/c1-20(37-31(40)28-29-24(10-7-15-34-29)18-35-30(28)33)26-16-23-9-6-8-22(14-13-21-17-36-38(2)19-21)27(23)32(41)39(26)25-11-4-3-5-12-25/h3-12,15-20H,1-2H3,(H2,33,35)(H,37,40)/t20-/m0/s1. The molecule has 0 radical (unpaired) electrons. The molecule has 6 aromatic rings. The van der Waals surface area contributed by atoms with Gasteiger partial charge < -0.3 is 11.1 Å². The van der Waals surface area contributed by atoms with Gasteiger partial charge >= 0.3 is 0 Å². The molecular weight excluding hydrogens is 514 g/mol. The van der Waals surface area contributed by atoms with Crippen LogP contribution in [0.15, 0.2) is 96.3 Å². The van der Waals surface area contributed by atoms with E-state index in [4.69, 9.17) is 5.73 Å². The van der Waals surface area contributed by atoms with Gasteiger partial charge in [0.2, 0.25) is 0 Å². The third-order valence-electron chi connectivity index (χ3n) is 6.83. The molecule has 0 fully saturated rings. The molecule has 0 aliphatic heterocycles. The number of aromatic nitrogens is 5. The van der Waals surface area contributed by atoms with Crippen LogP contribution in [-0.4, -0.2) is 30.2 Å². The summed E-state index contributed by atoms with van der Waals surface area (Å²) in [6.07, 6.45) is 6.68. The van der Waals surface area contributed by atoms with Crippen molar-refractivity contribution in [2.75, 3.05) is 5.73 Å². The number of carbonyl (C=O) groups excluding carboxylic acids is 1. The van der Waals surface area contributed by atoms with Crippen molar-refractivity contribution < 1.29 is 4.79 Å². The summed E-state index contributed by atoms with van der Waals surface area (Å²) >= 11 is 0. The van der Waals surface area contributed by atoms with E-state index in [0.717, 1.165) is 5.56 Å². The van der Waals surface area contributed by atoms with Gasteiger partial charge in [-0.25, -0.2) is 4.98 Å². The van der Waals surface area contributed by atoms with Gasteiger partial charge in [-0.15, -0.1) is 0 Å². The number of carbonyl (C=O) groups is 1. The molecule has 0 unspecified atom stereocenters. The van der Waals surface area contributed by atoms with Crippen LogP contribution in [0.3, 0.4) is 0 Å². The Labute approximate surface area is 235 Å². The second-order valence-electron chi connectivity index (χ2n) is 9.62. The van der Waals surface area contributed by atoms with Gasteiger partial charge in [-0.2, -0.15) is 5.10 Å². The van der Waals surface area contributed by atoms with Crippen molar-refractivity contribution in [1.82, 2.24) is 29.6 Å². The Morgan fingerprint density at radius 1 is 0.976 bits per heavy atom. The fourth-order valence-electron chi connectivity index (χ4n) is 4.90. The largest absolute Gasteiger partial charge is 0.383 e. The lowest BCUT2D eigenvalue weighted by Gasteiger charge is -2.21. The van der Waals surface area contributed by atoms with Crippen molar-refractivity contribution in [3.05, 3.63) is 124 Å². The monoisotopic (exact) mass is 539 g/mol. The Morgan fingerprint density at radius 3 is 2.56 bits per heavy atom. The van der Waals surface area contributed by atoms with Crippen LogP contribution in [0.25, 0.3) is 27.4 Å². The summed E-state index contributed by atoms with van der Waals surface area (Å²) in [4.78, 5) is 36.3. The number of nitrogens with one attached hydrogen (secondary N) is 1. The molecule has 2 aromatic carbocycles. The molecule has 0 bridgehead atoms. The highest BCUT2D eigenvalue weighted by Crippen LogP contribution is 2.25. The zero-order chi connectivity index (χ0) is 28.5. The fourth-order valence-corrected chi connectivity index (χ4v) is 4.90. The van der Waals surface area contributed by atoms with Gasteiger partial charge in [-0.1, -0.05) is 42.2 Å². The van der Waals surface area contributed by atoms with Gasteiger partial charge in [0.25, 0.3) is 11.5 Å².